The number of imidazole rings is 1. The van der Waals surface area contributed by atoms with Gasteiger partial charge in [-0.3, -0.25) is 4.79 Å². The molecule has 0 aliphatic rings. The average Bonchev–Trinajstić information content (AvgIpc) is 3.33. The van der Waals surface area contributed by atoms with Gasteiger partial charge in [-0.15, -0.1) is 0 Å². The Labute approximate surface area is 239 Å². The zero-order valence-corrected chi connectivity index (χ0v) is 23.6. The van der Waals surface area contributed by atoms with Gasteiger partial charge in [0, 0.05) is 22.5 Å². The third kappa shape index (κ3) is 6.25. The number of nitrogens with one attached hydrogen (secondary N) is 1. The molecular weight excluding hydrogens is 583 g/mol. The maximum atomic E-state index is 13.7. The minimum atomic E-state index is -4.76. The van der Waals surface area contributed by atoms with Crippen molar-refractivity contribution in [2.75, 3.05) is 12.4 Å². The van der Waals surface area contributed by atoms with Gasteiger partial charge < -0.3 is 19.9 Å². The third-order valence-electron chi connectivity index (χ3n) is 6.74. The third-order valence-corrected chi connectivity index (χ3v) is 8.72. The first kappa shape index (κ1) is 30.5. The molecule has 0 fully saturated rings. The Morgan fingerprint density at radius 1 is 1.10 bits per heavy atom. The molecule has 8 nitrogen and oxygen atoms in total. The first-order valence-electron chi connectivity index (χ1n) is 12.6. The van der Waals surface area contributed by atoms with Crippen molar-refractivity contribution in [3.63, 3.8) is 0 Å². The molecule has 1 amide bonds. The number of aryl methyl sites for hydroxylation is 1. The number of sulfone groups is 1. The van der Waals surface area contributed by atoms with Gasteiger partial charge in [0.2, 0.25) is 0 Å². The number of alkyl halides is 3. The van der Waals surface area contributed by atoms with Crippen molar-refractivity contribution in [3.8, 4) is 0 Å². The standard InChI is InChI=1S/C28H27ClF3N3O5S/c1-3-23-25(26(37)20-10-7-18(29)14-21(20)28(30,31)32)34-24-13-17(11-12-35(23)24)27(38)33-22(15-36)16-5-8-19(9-6-16)41(39,40)4-2/h5-14,22,26,36-37H,3-4,15H2,1-2H3,(H,33,38)/t22-,26?/m0/s1. The van der Waals surface area contributed by atoms with E-state index in [2.05, 4.69) is 10.3 Å². The van der Waals surface area contributed by atoms with Crippen LogP contribution in [-0.4, -0.2) is 46.3 Å². The highest BCUT2D eigenvalue weighted by Gasteiger charge is 2.36. The normalized spacial score (nSPS) is 13.8. The lowest BCUT2D eigenvalue weighted by molar-refractivity contribution is -0.139. The molecule has 4 rings (SSSR count). The number of carbonyl (C=O) groups excluding carboxylic acids is 1. The Morgan fingerprint density at radius 2 is 1.78 bits per heavy atom. The minimum absolute atomic E-state index is 0.00763. The van der Waals surface area contributed by atoms with Crippen LogP contribution >= 0.6 is 11.6 Å². The number of benzene rings is 2. The number of halogens is 4. The lowest BCUT2D eigenvalue weighted by atomic mass is 9.98. The summed E-state index contributed by atoms with van der Waals surface area (Å²) in [5.41, 5.74) is -0.155. The largest absolute Gasteiger partial charge is 0.416 e. The summed E-state index contributed by atoms with van der Waals surface area (Å²) >= 11 is 5.78. The first-order valence-corrected chi connectivity index (χ1v) is 14.6. The second kappa shape index (κ2) is 11.8. The van der Waals surface area contributed by atoms with E-state index < -0.39 is 51.8 Å². The van der Waals surface area contributed by atoms with Gasteiger partial charge in [0.1, 0.15) is 11.8 Å². The van der Waals surface area contributed by atoms with Crippen molar-refractivity contribution in [2.24, 2.45) is 0 Å². The fourth-order valence-electron chi connectivity index (χ4n) is 4.54. The second-order valence-electron chi connectivity index (χ2n) is 9.25. The molecule has 2 heterocycles. The summed E-state index contributed by atoms with van der Waals surface area (Å²) in [6.45, 7) is 2.83. The Balaban J connectivity index is 1.64. The molecule has 2 atom stereocenters. The summed E-state index contributed by atoms with van der Waals surface area (Å²) in [6.07, 6.45) is -4.62. The van der Waals surface area contributed by atoms with Crippen LogP contribution in [0.2, 0.25) is 5.02 Å². The summed E-state index contributed by atoms with van der Waals surface area (Å²) in [5, 5.41) is 23.5. The topological polar surface area (TPSA) is 121 Å². The van der Waals surface area contributed by atoms with Crippen molar-refractivity contribution in [1.29, 1.82) is 0 Å². The van der Waals surface area contributed by atoms with Gasteiger partial charge in [-0.25, -0.2) is 13.4 Å². The molecule has 2 aromatic carbocycles. The molecule has 218 valence electrons. The van der Waals surface area contributed by atoms with Crippen molar-refractivity contribution >= 4 is 33.0 Å². The van der Waals surface area contributed by atoms with Gasteiger partial charge in [0.05, 0.1) is 34.6 Å². The summed E-state index contributed by atoms with van der Waals surface area (Å²) in [4.78, 5) is 17.6. The lowest BCUT2D eigenvalue weighted by Gasteiger charge is -2.17. The van der Waals surface area contributed by atoms with Crippen molar-refractivity contribution in [2.45, 2.75) is 43.5 Å². The van der Waals surface area contributed by atoms with Crippen LogP contribution in [0.15, 0.2) is 65.7 Å². The van der Waals surface area contributed by atoms with E-state index in [1.54, 1.807) is 11.3 Å². The zero-order valence-electron chi connectivity index (χ0n) is 22.0. The minimum Gasteiger partial charge on any atom is -0.394 e. The monoisotopic (exact) mass is 609 g/mol. The summed E-state index contributed by atoms with van der Waals surface area (Å²) in [5.74, 6) is -0.637. The molecule has 13 heteroatoms. The number of carbonyl (C=O) groups is 1. The number of fused-ring (bicyclic) bond motifs is 1. The van der Waals surface area contributed by atoms with E-state index in [1.807, 2.05) is 0 Å². The van der Waals surface area contributed by atoms with Gasteiger partial charge in [-0.1, -0.05) is 43.6 Å². The molecule has 1 unspecified atom stereocenters. The highest BCUT2D eigenvalue weighted by molar-refractivity contribution is 7.91. The smallest absolute Gasteiger partial charge is 0.394 e. The zero-order chi connectivity index (χ0) is 30.1. The molecule has 0 saturated heterocycles. The molecule has 0 aliphatic heterocycles. The molecule has 4 aromatic rings. The number of aliphatic hydroxyl groups excluding tert-OH is 2. The van der Waals surface area contributed by atoms with Crippen LogP contribution in [-0.2, 0) is 22.4 Å². The van der Waals surface area contributed by atoms with Crippen molar-refractivity contribution < 1.29 is 36.6 Å². The predicted molar refractivity (Wildman–Crippen MR) is 147 cm³/mol. The van der Waals surface area contributed by atoms with Crippen LogP contribution in [0.5, 0.6) is 0 Å². The number of aromatic nitrogens is 2. The summed E-state index contributed by atoms with van der Waals surface area (Å²) in [6, 6.07) is 11.0. The Hall–Kier alpha value is -3.45. The number of rotatable bonds is 9. The van der Waals surface area contributed by atoms with E-state index in [1.165, 1.54) is 55.6 Å². The van der Waals surface area contributed by atoms with Crippen LogP contribution in [0.1, 0.15) is 64.4 Å². The maximum absolute atomic E-state index is 13.7. The van der Waals surface area contributed by atoms with Crippen LogP contribution < -0.4 is 5.32 Å². The molecule has 0 spiro atoms. The van der Waals surface area contributed by atoms with Gasteiger partial charge in [0.25, 0.3) is 5.91 Å². The highest BCUT2D eigenvalue weighted by Crippen LogP contribution is 2.38. The van der Waals surface area contributed by atoms with Crippen molar-refractivity contribution in [3.05, 3.63) is 99.5 Å². The molecule has 0 saturated carbocycles. The maximum Gasteiger partial charge on any atom is 0.416 e. The van der Waals surface area contributed by atoms with E-state index in [9.17, 15) is 36.6 Å². The molecule has 3 N–H and O–H groups in total. The van der Waals surface area contributed by atoms with E-state index in [0.29, 0.717) is 17.7 Å². The predicted octanol–water partition coefficient (Wildman–Crippen LogP) is 4.91. The number of aliphatic hydroxyl groups is 2. The Kier molecular flexibility index (Phi) is 8.78. The van der Waals surface area contributed by atoms with E-state index in [4.69, 9.17) is 11.6 Å². The molecule has 41 heavy (non-hydrogen) atoms. The number of pyridine rings is 1. The Bertz CT molecular complexity index is 1690. The number of nitrogens with zero attached hydrogens (tertiary/aromatic N) is 2. The summed E-state index contributed by atoms with van der Waals surface area (Å²) < 4.78 is 66.8. The quantitative estimate of drug-likeness (QED) is 0.248. The van der Waals surface area contributed by atoms with Crippen molar-refractivity contribution in [1.82, 2.24) is 14.7 Å². The van der Waals surface area contributed by atoms with Gasteiger partial charge in [0.15, 0.2) is 9.84 Å². The number of amides is 1. The van der Waals surface area contributed by atoms with Crippen LogP contribution in [0.4, 0.5) is 13.2 Å². The molecule has 0 radical (unpaired) electrons. The van der Waals surface area contributed by atoms with Crippen LogP contribution in [0.25, 0.3) is 5.65 Å². The van der Waals surface area contributed by atoms with E-state index in [0.717, 1.165) is 12.1 Å². The highest BCUT2D eigenvalue weighted by atomic mass is 35.5. The second-order valence-corrected chi connectivity index (χ2v) is 12.0. The van der Waals surface area contributed by atoms with Gasteiger partial charge >= 0.3 is 6.18 Å². The Morgan fingerprint density at radius 3 is 2.37 bits per heavy atom. The fourth-order valence-corrected chi connectivity index (χ4v) is 5.59. The first-order chi connectivity index (χ1) is 19.3. The fraction of sp³-hybridized carbons (Fsp3) is 0.286. The molecule has 2 aromatic heterocycles. The number of hydrogen-bond donors (Lipinski definition) is 3. The van der Waals surface area contributed by atoms with E-state index >= 15 is 0 Å². The SMILES string of the molecule is CCc1c(C(O)c2ccc(Cl)cc2C(F)(F)F)nc2cc(C(=O)N[C@@H](CO)c3ccc(S(=O)(=O)CC)cc3)ccn12. The van der Waals surface area contributed by atoms with Crippen LogP contribution in [0.3, 0.4) is 0 Å². The average molecular weight is 610 g/mol. The molecular formula is C28H27ClF3N3O5S. The van der Waals surface area contributed by atoms with E-state index in [-0.39, 0.29) is 32.6 Å². The van der Waals surface area contributed by atoms with Crippen LogP contribution in [0, 0.1) is 0 Å². The lowest BCUT2D eigenvalue weighted by Crippen LogP contribution is -2.30. The van der Waals surface area contributed by atoms with Gasteiger partial charge in [-0.05, 0) is 53.9 Å². The van der Waals surface area contributed by atoms with Gasteiger partial charge in [-0.2, -0.15) is 13.2 Å². The summed E-state index contributed by atoms with van der Waals surface area (Å²) in [7, 11) is -3.41. The molecule has 0 bridgehead atoms. The molecule has 0 aliphatic carbocycles. The number of hydrogen-bond acceptors (Lipinski definition) is 6.